The Kier molecular flexibility index (Phi) is 2.69. The predicted molar refractivity (Wildman–Crippen MR) is 58.6 cm³/mol. The highest BCUT2D eigenvalue weighted by Gasteiger charge is 2.73. The molecule has 0 aromatic carbocycles. The number of hydrogen-bond donors (Lipinski definition) is 0. The summed E-state index contributed by atoms with van der Waals surface area (Å²) in [5.41, 5.74) is 13.2. The molecule has 0 amide bonds. The first-order valence-corrected chi connectivity index (χ1v) is 5.34. The van der Waals surface area contributed by atoms with Gasteiger partial charge in [-0.05, 0) is 27.7 Å². The van der Waals surface area contributed by atoms with Crippen molar-refractivity contribution in [2.45, 2.75) is 30.6 Å². The number of rotatable bonds is 4. The van der Waals surface area contributed by atoms with Crippen LogP contribution in [0.5, 0.6) is 0 Å². The zero-order valence-electron chi connectivity index (χ0n) is 9.49. The van der Waals surface area contributed by atoms with E-state index in [9.17, 15) is 20.2 Å². The molecule has 2 fully saturated rings. The van der Waals surface area contributed by atoms with Crippen LogP contribution in [0.2, 0.25) is 0 Å². The van der Waals surface area contributed by atoms with Crippen LogP contribution in [0.3, 0.4) is 0 Å². The molecule has 2 aliphatic rings. The van der Waals surface area contributed by atoms with Crippen molar-refractivity contribution in [1.29, 1.82) is 0 Å². The highest BCUT2D eigenvalue weighted by molar-refractivity contribution is 5.10. The summed E-state index contributed by atoms with van der Waals surface area (Å²) < 4.78 is 0. The van der Waals surface area contributed by atoms with E-state index in [2.05, 4.69) is 20.1 Å². The Balaban J connectivity index is 2.44. The Morgan fingerprint density at radius 3 is 1.58 bits per heavy atom. The van der Waals surface area contributed by atoms with E-state index in [1.807, 2.05) is 0 Å². The minimum atomic E-state index is -1.86. The Morgan fingerprint density at radius 2 is 1.37 bits per heavy atom. The van der Waals surface area contributed by atoms with E-state index in [1.54, 1.807) is 0 Å². The van der Waals surface area contributed by atoms with Crippen LogP contribution in [0.15, 0.2) is 10.2 Å². The van der Waals surface area contributed by atoms with Crippen LogP contribution < -0.4 is 0 Å². The molecule has 100 valence electrons. The molecule has 12 nitrogen and oxygen atoms in total. The summed E-state index contributed by atoms with van der Waals surface area (Å²) in [6.45, 7) is 0. The predicted octanol–water partition coefficient (Wildman–Crippen LogP) is 1.98. The van der Waals surface area contributed by atoms with Crippen LogP contribution in [0.25, 0.3) is 20.9 Å². The second kappa shape index (κ2) is 3.97. The van der Waals surface area contributed by atoms with Crippen LogP contribution in [-0.4, -0.2) is 21.2 Å². The van der Waals surface area contributed by atoms with Crippen LogP contribution in [0.4, 0.5) is 0 Å². The normalized spacial score (nSPS) is 39.2. The fourth-order valence-corrected chi connectivity index (χ4v) is 3.19. The number of fused-ring (bicyclic) bond motifs is 2. The van der Waals surface area contributed by atoms with E-state index in [4.69, 9.17) is 11.1 Å². The minimum absolute atomic E-state index is 0.139. The average Bonchev–Trinajstić information content (AvgIpc) is 2.86. The molecule has 0 N–H and O–H groups in total. The van der Waals surface area contributed by atoms with E-state index < -0.39 is 33.0 Å². The van der Waals surface area contributed by atoms with Gasteiger partial charge in [-0.3, -0.25) is 20.2 Å². The van der Waals surface area contributed by atoms with E-state index in [-0.39, 0.29) is 19.3 Å². The van der Waals surface area contributed by atoms with Gasteiger partial charge in [0.05, 0.1) is 0 Å². The quantitative estimate of drug-likeness (QED) is 0.248. The van der Waals surface area contributed by atoms with Gasteiger partial charge in [0.1, 0.15) is 0 Å². The smallest absolute Gasteiger partial charge is 0.264 e. The maximum absolute atomic E-state index is 11.1. The molecule has 0 aromatic rings. The van der Waals surface area contributed by atoms with E-state index >= 15 is 0 Å². The summed E-state index contributed by atoms with van der Waals surface area (Å²) in [4.78, 5) is 25.8. The Hall–Kier alpha value is -2.58. The highest BCUT2D eigenvalue weighted by Crippen LogP contribution is 2.59. The SMILES string of the molecule is [N-]=[N+]=N[C@]1([N+](=O)[O-])C[C@@H]2C[C@H]1C[C@]2(N=[N+]=[N-])[N+](=O)[O-]. The van der Waals surface area contributed by atoms with Gasteiger partial charge in [-0.2, -0.15) is 0 Å². The number of hydrogen-bond acceptors (Lipinski definition) is 6. The van der Waals surface area contributed by atoms with Gasteiger partial charge < -0.3 is 0 Å². The van der Waals surface area contributed by atoms with E-state index in [0.717, 1.165) is 0 Å². The number of azide groups is 2. The Bertz CT molecular complexity index is 495. The lowest BCUT2D eigenvalue weighted by Gasteiger charge is -2.30. The lowest BCUT2D eigenvalue weighted by atomic mass is 9.83. The molecular formula is C7H8N8O4. The van der Waals surface area contributed by atoms with Crippen molar-refractivity contribution in [3.8, 4) is 0 Å². The standard InChI is InChI=1S/C7H8N8O4/c8-12-10-6(14(16)17)2-4-1-5(6)3-7(4,11-13-9)15(18)19/h4-5H,1-3H2/t4-,5-,6-,7-/m0/s1. The molecule has 2 aliphatic carbocycles. The minimum Gasteiger partial charge on any atom is -0.264 e. The van der Waals surface area contributed by atoms with Gasteiger partial charge in [-0.25, -0.2) is 0 Å². The first-order chi connectivity index (χ1) is 8.93. The molecule has 0 aromatic heterocycles. The van der Waals surface area contributed by atoms with Crippen molar-refractivity contribution >= 4 is 0 Å². The maximum Gasteiger partial charge on any atom is 0.304 e. The summed E-state index contributed by atoms with van der Waals surface area (Å²) in [7, 11) is 0. The Morgan fingerprint density at radius 1 is 1.00 bits per heavy atom. The molecule has 19 heavy (non-hydrogen) atoms. The molecule has 0 radical (unpaired) electrons. The first kappa shape index (κ1) is 12.9. The Labute approximate surface area is 104 Å². The lowest BCUT2D eigenvalue weighted by molar-refractivity contribution is -0.608. The third-order valence-corrected chi connectivity index (χ3v) is 4.04. The van der Waals surface area contributed by atoms with Crippen molar-refractivity contribution < 1.29 is 9.85 Å². The van der Waals surface area contributed by atoms with Gasteiger partial charge in [-0.1, -0.05) is 0 Å². The summed E-state index contributed by atoms with van der Waals surface area (Å²) in [6, 6.07) is 0. The largest absolute Gasteiger partial charge is 0.304 e. The monoisotopic (exact) mass is 268 g/mol. The van der Waals surface area contributed by atoms with Gasteiger partial charge in [0.15, 0.2) is 0 Å². The summed E-state index contributed by atoms with van der Waals surface area (Å²) in [5.74, 6) is -1.58. The van der Waals surface area contributed by atoms with Crippen LogP contribution >= 0.6 is 0 Å². The van der Waals surface area contributed by atoms with Crippen LogP contribution in [0.1, 0.15) is 19.3 Å². The lowest BCUT2D eigenvalue weighted by Crippen LogP contribution is -2.51. The van der Waals surface area contributed by atoms with E-state index in [1.165, 1.54) is 0 Å². The van der Waals surface area contributed by atoms with Crippen molar-refractivity contribution in [3.63, 3.8) is 0 Å². The zero-order valence-corrected chi connectivity index (χ0v) is 9.49. The third kappa shape index (κ3) is 1.47. The molecular weight excluding hydrogens is 260 g/mol. The molecule has 0 spiro atoms. The van der Waals surface area contributed by atoms with Crippen LogP contribution in [0, 0.1) is 32.1 Å². The van der Waals surface area contributed by atoms with Gasteiger partial charge in [0.25, 0.3) is 0 Å². The first-order valence-electron chi connectivity index (χ1n) is 5.34. The second-order valence-corrected chi connectivity index (χ2v) is 4.69. The molecule has 12 heteroatoms. The molecule has 2 bridgehead atoms. The van der Waals surface area contributed by atoms with Crippen LogP contribution in [-0.2, 0) is 0 Å². The van der Waals surface area contributed by atoms with Crippen molar-refractivity contribution in [2.75, 3.05) is 0 Å². The summed E-state index contributed by atoms with van der Waals surface area (Å²) in [6.07, 6.45) is -0.427. The molecule has 4 atom stereocenters. The van der Waals surface area contributed by atoms with Crippen molar-refractivity contribution in [3.05, 3.63) is 41.1 Å². The molecule has 0 unspecified atom stereocenters. The van der Waals surface area contributed by atoms with Gasteiger partial charge in [0.2, 0.25) is 0 Å². The molecule has 0 aliphatic heterocycles. The maximum atomic E-state index is 11.1. The molecule has 2 saturated carbocycles. The van der Waals surface area contributed by atoms with Crippen molar-refractivity contribution in [1.82, 2.24) is 0 Å². The third-order valence-electron chi connectivity index (χ3n) is 4.04. The summed E-state index contributed by atoms with van der Waals surface area (Å²) in [5, 5.41) is 28.7. The average molecular weight is 268 g/mol. The van der Waals surface area contributed by atoms with Gasteiger partial charge in [-0.15, -0.1) is 0 Å². The second-order valence-electron chi connectivity index (χ2n) is 4.69. The number of nitrogens with zero attached hydrogens (tertiary/aromatic N) is 8. The zero-order chi connectivity index (χ0) is 14.3. The van der Waals surface area contributed by atoms with Gasteiger partial charge in [0, 0.05) is 44.3 Å². The topological polar surface area (TPSA) is 184 Å². The number of nitro groups is 2. The summed E-state index contributed by atoms with van der Waals surface area (Å²) >= 11 is 0. The van der Waals surface area contributed by atoms with Crippen molar-refractivity contribution in [2.24, 2.45) is 22.1 Å². The molecule has 2 rings (SSSR count). The van der Waals surface area contributed by atoms with Gasteiger partial charge >= 0.3 is 11.3 Å². The molecule has 0 saturated heterocycles. The fraction of sp³-hybridized carbons (Fsp3) is 1.00. The van der Waals surface area contributed by atoms with E-state index in [0.29, 0.717) is 0 Å². The highest BCUT2D eigenvalue weighted by atomic mass is 16.6. The molecule has 0 heterocycles. The fourth-order valence-electron chi connectivity index (χ4n) is 3.19.